The molecule has 2 aromatic carbocycles. The summed E-state index contributed by atoms with van der Waals surface area (Å²) < 4.78 is 2.13. The van der Waals surface area contributed by atoms with E-state index in [1.165, 1.54) is 0 Å². The largest absolute Gasteiger partial charge is 0.351 e. The lowest BCUT2D eigenvalue weighted by atomic mass is 9.97. The average molecular weight is 697 g/mol. The second kappa shape index (κ2) is 14.2. The van der Waals surface area contributed by atoms with Gasteiger partial charge < -0.3 is 14.4 Å². The zero-order valence-corrected chi connectivity index (χ0v) is 29.7. The van der Waals surface area contributed by atoms with Crippen LogP contribution in [0, 0.1) is 0 Å². The van der Waals surface area contributed by atoms with E-state index in [1.54, 1.807) is 11.0 Å². The van der Waals surface area contributed by atoms with Crippen LogP contribution in [0.3, 0.4) is 0 Å². The zero-order chi connectivity index (χ0) is 36.7. The molecule has 1 aromatic heterocycles. The summed E-state index contributed by atoms with van der Waals surface area (Å²) in [5.41, 5.74) is 4.49. The molecule has 2 N–H and O–H groups in total. The molecule has 7 amide bonds. The van der Waals surface area contributed by atoms with Gasteiger partial charge in [0, 0.05) is 55.3 Å². The molecule has 2 atom stereocenters. The third-order valence-electron chi connectivity index (χ3n) is 10.1. The predicted molar refractivity (Wildman–Crippen MR) is 187 cm³/mol. The molecule has 2 unspecified atom stereocenters. The standard InChI is InChI=1S/C18H19N3O4.C18H19N3O3.C2H6/c1-20-6-2-3-10-7-12-13(8-11(10)9-20)18(25)21(17(12)24)14-4-5-15(22)19-16(14)23;1-10(2)20-7-11-5-13-9-21(15-3-4-16(22)19-17(15)23)18(24)14(13)6-12(11)8-20;1-2/h7-8,14H,2-6,9H2,1H3,(H,19,22,23);5-8,10,15H,3-4,9H2,1-2H3,(H,19,22,23);1-2H3. The first kappa shape index (κ1) is 35.6. The number of hydrogen-bond donors (Lipinski definition) is 2. The van der Waals surface area contributed by atoms with Crippen molar-refractivity contribution in [1.29, 1.82) is 0 Å². The van der Waals surface area contributed by atoms with Crippen molar-refractivity contribution in [1.82, 2.24) is 29.9 Å². The summed E-state index contributed by atoms with van der Waals surface area (Å²) in [5.74, 6) is -2.58. The number of rotatable bonds is 3. The van der Waals surface area contributed by atoms with Crippen molar-refractivity contribution in [2.45, 2.75) is 97.4 Å². The van der Waals surface area contributed by atoms with Gasteiger partial charge in [0.25, 0.3) is 17.7 Å². The molecule has 3 aromatic rings. The third kappa shape index (κ3) is 6.69. The number of carbonyl (C=O) groups excluding carboxylic acids is 7. The van der Waals surface area contributed by atoms with E-state index >= 15 is 0 Å². The Balaban J connectivity index is 0.000000168. The molecule has 8 rings (SSSR count). The first-order valence-electron chi connectivity index (χ1n) is 17.7. The Hall–Kier alpha value is -5.17. The minimum absolute atomic E-state index is 0.126. The molecule has 13 heteroatoms. The number of piperidine rings is 2. The van der Waals surface area contributed by atoms with Gasteiger partial charge in [-0.2, -0.15) is 0 Å². The molecule has 0 saturated carbocycles. The molecule has 0 bridgehead atoms. The molecule has 0 radical (unpaired) electrons. The molecule has 5 aliphatic heterocycles. The smallest absolute Gasteiger partial charge is 0.262 e. The van der Waals surface area contributed by atoms with E-state index in [2.05, 4.69) is 40.1 Å². The van der Waals surface area contributed by atoms with Gasteiger partial charge >= 0.3 is 0 Å². The number of nitrogens with zero attached hydrogens (tertiary/aromatic N) is 4. The SMILES string of the molecule is CC.CC(C)n1cc2cc3c(cc2c1)C(=O)N(C1CCC(=O)NC1=O)C3.CN1CCCc2cc3c(cc2C1)C(=O)N(C1CCC(=O)NC1=O)C3=O. The summed E-state index contributed by atoms with van der Waals surface area (Å²) in [7, 11) is 2.03. The van der Waals surface area contributed by atoms with Crippen LogP contribution in [0.25, 0.3) is 10.8 Å². The first-order chi connectivity index (χ1) is 24.4. The van der Waals surface area contributed by atoms with Crippen LogP contribution in [0.5, 0.6) is 0 Å². The van der Waals surface area contributed by atoms with Crippen molar-refractivity contribution in [3.8, 4) is 0 Å². The van der Waals surface area contributed by atoms with Crippen molar-refractivity contribution >= 4 is 52.1 Å². The Morgan fingerprint density at radius 2 is 1.22 bits per heavy atom. The first-order valence-corrected chi connectivity index (χ1v) is 17.7. The topological polar surface area (TPSA) is 158 Å². The number of amides is 7. The fraction of sp³-hybridized carbons (Fsp3) is 0.447. The van der Waals surface area contributed by atoms with E-state index in [4.69, 9.17) is 0 Å². The summed E-state index contributed by atoms with van der Waals surface area (Å²) in [6.45, 7) is 10.4. The second-order valence-electron chi connectivity index (χ2n) is 13.8. The molecule has 6 heterocycles. The quantitative estimate of drug-likeness (QED) is 0.394. The Bertz CT molecular complexity index is 1980. The van der Waals surface area contributed by atoms with Crippen LogP contribution in [-0.4, -0.2) is 86.3 Å². The van der Waals surface area contributed by atoms with E-state index in [-0.39, 0.29) is 42.9 Å². The van der Waals surface area contributed by atoms with Crippen LogP contribution < -0.4 is 10.6 Å². The van der Waals surface area contributed by atoms with Gasteiger partial charge in [0.2, 0.25) is 23.6 Å². The number of imide groups is 3. The molecular weight excluding hydrogens is 652 g/mol. The zero-order valence-electron chi connectivity index (χ0n) is 29.7. The average Bonchev–Trinajstić information content (AvgIpc) is 3.67. The highest BCUT2D eigenvalue weighted by Crippen LogP contribution is 2.33. The summed E-state index contributed by atoms with van der Waals surface area (Å²) in [6, 6.07) is 6.47. The van der Waals surface area contributed by atoms with Crippen molar-refractivity contribution in [3.63, 3.8) is 0 Å². The van der Waals surface area contributed by atoms with Gasteiger partial charge in [-0.15, -0.1) is 0 Å². The maximum Gasteiger partial charge on any atom is 0.262 e. The number of fused-ring (bicyclic) bond motifs is 4. The van der Waals surface area contributed by atoms with Crippen LogP contribution in [0.1, 0.15) is 114 Å². The lowest BCUT2D eigenvalue weighted by Crippen LogP contribution is -2.54. The highest BCUT2D eigenvalue weighted by atomic mass is 16.2. The van der Waals surface area contributed by atoms with Gasteiger partial charge in [-0.25, -0.2) is 0 Å². The number of hydrogen-bond acceptors (Lipinski definition) is 8. The third-order valence-corrected chi connectivity index (χ3v) is 10.1. The summed E-state index contributed by atoms with van der Waals surface area (Å²) in [6.07, 6.45) is 6.97. The second-order valence-corrected chi connectivity index (χ2v) is 13.8. The number of carbonyl (C=O) groups is 7. The monoisotopic (exact) mass is 696 g/mol. The Morgan fingerprint density at radius 1 is 0.647 bits per heavy atom. The minimum atomic E-state index is -0.910. The van der Waals surface area contributed by atoms with Gasteiger partial charge in [-0.1, -0.05) is 13.8 Å². The van der Waals surface area contributed by atoms with Crippen molar-refractivity contribution in [2.75, 3.05) is 13.6 Å². The van der Waals surface area contributed by atoms with Gasteiger partial charge in [-0.3, -0.25) is 49.1 Å². The van der Waals surface area contributed by atoms with Crippen LogP contribution in [0.15, 0.2) is 36.7 Å². The normalized spacial score (nSPS) is 21.7. The Kier molecular flexibility index (Phi) is 9.94. The lowest BCUT2D eigenvalue weighted by molar-refractivity contribution is -0.138. The summed E-state index contributed by atoms with van der Waals surface area (Å²) >= 11 is 0. The van der Waals surface area contributed by atoms with Gasteiger partial charge in [0.05, 0.1) is 11.1 Å². The molecule has 2 saturated heterocycles. The molecule has 2 fully saturated rings. The van der Waals surface area contributed by atoms with Crippen LogP contribution in [0.4, 0.5) is 0 Å². The van der Waals surface area contributed by atoms with E-state index in [9.17, 15) is 33.6 Å². The van der Waals surface area contributed by atoms with Crippen molar-refractivity contribution in [2.24, 2.45) is 0 Å². The Morgan fingerprint density at radius 3 is 1.80 bits per heavy atom. The predicted octanol–water partition coefficient (Wildman–Crippen LogP) is 3.48. The van der Waals surface area contributed by atoms with Crippen LogP contribution in [-0.2, 0) is 38.7 Å². The van der Waals surface area contributed by atoms with Crippen LogP contribution in [0.2, 0.25) is 0 Å². The Labute approximate surface area is 296 Å². The molecule has 5 aliphatic rings. The molecule has 51 heavy (non-hydrogen) atoms. The van der Waals surface area contributed by atoms with E-state index in [0.29, 0.717) is 35.7 Å². The van der Waals surface area contributed by atoms with E-state index in [1.807, 2.05) is 45.3 Å². The fourth-order valence-corrected chi connectivity index (χ4v) is 7.43. The highest BCUT2D eigenvalue weighted by Gasteiger charge is 2.45. The molecule has 0 spiro atoms. The van der Waals surface area contributed by atoms with E-state index < -0.39 is 29.8 Å². The lowest BCUT2D eigenvalue weighted by Gasteiger charge is -2.29. The van der Waals surface area contributed by atoms with E-state index in [0.717, 1.165) is 58.3 Å². The van der Waals surface area contributed by atoms with Gasteiger partial charge in [0.15, 0.2) is 0 Å². The molecular formula is C38H44N6O7. The van der Waals surface area contributed by atoms with Gasteiger partial charge in [-0.05, 0) is 99.5 Å². The van der Waals surface area contributed by atoms with Crippen LogP contribution >= 0.6 is 0 Å². The van der Waals surface area contributed by atoms with Gasteiger partial charge in [0.1, 0.15) is 12.1 Å². The maximum absolute atomic E-state index is 12.8. The molecule has 268 valence electrons. The summed E-state index contributed by atoms with van der Waals surface area (Å²) in [4.78, 5) is 90.0. The minimum Gasteiger partial charge on any atom is -0.351 e. The summed E-state index contributed by atoms with van der Waals surface area (Å²) in [5, 5.41) is 6.67. The molecule has 13 nitrogen and oxygen atoms in total. The van der Waals surface area contributed by atoms with Crippen molar-refractivity contribution in [3.05, 3.63) is 70.0 Å². The fourth-order valence-electron chi connectivity index (χ4n) is 7.43. The number of aromatic nitrogens is 1. The number of benzene rings is 2. The molecule has 0 aliphatic carbocycles. The maximum atomic E-state index is 12.8. The number of nitrogens with one attached hydrogen (secondary N) is 2. The highest BCUT2D eigenvalue weighted by molar-refractivity contribution is 6.23. The van der Waals surface area contributed by atoms with Crippen molar-refractivity contribution < 1.29 is 33.6 Å². The number of aryl methyl sites for hydroxylation is 1.